The molecule has 2 aliphatic heterocycles. The standard InChI is InChI=1S/C44H37F3N2O8/c1-43-34(40(52)49(42(43)54)26-7-5-4-6-8-26)23-32-30(38(43)33-22-29(15-19-35(33)50)57-44(45,46)47)17-18-31-37(32)41(53)48(39(31)51)27-13-10-24(11-14-27)9-12-25-21-28(55-2)16-20-36(25)56-3/h4-17,19-22,31-32,34,37-38,50H,18,23H2,1-3H3/t31-,32+,34-,37-,38+,43+/m0/s1. The number of methoxy groups -OCH3 is 2. The van der Waals surface area contributed by atoms with Crippen LogP contribution in [0.25, 0.3) is 12.2 Å². The van der Waals surface area contributed by atoms with Crippen molar-refractivity contribution in [3.8, 4) is 23.0 Å². The number of aromatic hydroxyl groups is 1. The van der Waals surface area contributed by atoms with Crippen LogP contribution in [0.15, 0.2) is 103 Å². The van der Waals surface area contributed by atoms with Gasteiger partial charge in [0, 0.05) is 17.0 Å². The van der Waals surface area contributed by atoms with Crippen LogP contribution in [0.3, 0.4) is 0 Å². The van der Waals surface area contributed by atoms with Crippen molar-refractivity contribution in [3.63, 3.8) is 0 Å². The number of para-hydroxylation sites is 1. The summed E-state index contributed by atoms with van der Waals surface area (Å²) in [6.07, 6.45) is 0.544. The second-order valence-electron chi connectivity index (χ2n) is 14.8. The number of hydrogen-bond acceptors (Lipinski definition) is 8. The second-order valence-corrected chi connectivity index (χ2v) is 14.8. The predicted octanol–water partition coefficient (Wildman–Crippen LogP) is 7.91. The van der Waals surface area contributed by atoms with Crippen molar-refractivity contribution in [2.24, 2.45) is 29.1 Å². The highest BCUT2D eigenvalue weighted by atomic mass is 19.4. The molecule has 6 atom stereocenters. The molecule has 1 saturated carbocycles. The first-order valence-electron chi connectivity index (χ1n) is 18.3. The fourth-order valence-corrected chi connectivity index (χ4v) is 9.29. The molecule has 4 aromatic carbocycles. The number of hydrogen-bond donors (Lipinski definition) is 1. The van der Waals surface area contributed by atoms with Crippen LogP contribution in [0.5, 0.6) is 23.0 Å². The zero-order chi connectivity index (χ0) is 40.4. The molecule has 0 unspecified atom stereocenters. The Kier molecular flexibility index (Phi) is 9.21. The van der Waals surface area contributed by atoms with Gasteiger partial charge in [0.1, 0.15) is 23.0 Å². The zero-order valence-electron chi connectivity index (χ0n) is 31.0. The van der Waals surface area contributed by atoms with Gasteiger partial charge in [0.2, 0.25) is 23.6 Å². The summed E-state index contributed by atoms with van der Waals surface area (Å²) in [7, 11) is 3.14. The van der Waals surface area contributed by atoms with Crippen LogP contribution >= 0.6 is 0 Å². The SMILES string of the molecule is COc1ccc(OC)c(C=Cc2ccc(N3C(=O)[C@H]4[C@H](CC=C5[C@H]4C[C@H]4C(=O)N(c6ccccc6)C(=O)[C@@]4(C)[C@H]5c4cc(OC(F)(F)F)ccc4O)C3=O)cc2)c1. The van der Waals surface area contributed by atoms with E-state index in [4.69, 9.17) is 9.47 Å². The largest absolute Gasteiger partial charge is 0.573 e. The number of allylic oxidation sites excluding steroid dienone is 2. The van der Waals surface area contributed by atoms with Gasteiger partial charge in [-0.05, 0) is 91.9 Å². The normalized spacial score (nSPS) is 25.6. The molecule has 0 bridgehead atoms. The van der Waals surface area contributed by atoms with Crippen molar-refractivity contribution in [2.75, 3.05) is 24.0 Å². The van der Waals surface area contributed by atoms with E-state index < -0.39 is 76.5 Å². The molecule has 3 fully saturated rings. The second kappa shape index (κ2) is 14.0. The molecule has 4 aromatic rings. The number of nitrogens with zero attached hydrogens (tertiary/aromatic N) is 2. The minimum absolute atomic E-state index is 0.0255. The van der Waals surface area contributed by atoms with Crippen LogP contribution in [-0.2, 0) is 19.2 Å². The number of imide groups is 2. The van der Waals surface area contributed by atoms with Crippen molar-refractivity contribution in [1.82, 2.24) is 0 Å². The van der Waals surface area contributed by atoms with Crippen molar-refractivity contribution >= 4 is 47.2 Å². The molecular formula is C44H37F3N2O8. The number of amides is 4. The summed E-state index contributed by atoms with van der Waals surface area (Å²) in [5.74, 6) is -6.44. The van der Waals surface area contributed by atoms with Gasteiger partial charge >= 0.3 is 6.36 Å². The Hall–Kier alpha value is -6.37. The number of carbonyl (C=O) groups excluding carboxylic acids is 4. The molecule has 0 spiro atoms. The molecule has 1 N–H and O–H groups in total. The van der Waals surface area contributed by atoms with Gasteiger partial charge in [0.25, 0.3) is 0 Å². The van der Waals surface area contributed by atoms with E-state index in [0.29, 0.717) is 28.4 Å². The molecule has 2 heterocycles. The first-order chi connectivity index (χ1) is 27.2. The molecule has 4 aliphatic rings. The molecule has 0 radical (unpaired) electrons. The van der Waals surface area contributed by atoms with Gasteiger partial charge < -0.3 is 19.3 Å². The summed E-state index contributed by atoms with van der Waals surface area (Å²) in [4.78, 5) is 59.9. The maximum atomic E-state index is 14.6. The Balaban J connectivity index is 1.16. The number of anilines is 2. The van der Waals surface area contributed by atoms with E-state index in [9.17, 15) is 37.5 Å². The van der Waals surface area contributed by atoms with Crippen molar-refractivity contribution in [1.29, 1.82) is 0 Å². The van der Waals surface area contributed by atoms with E-state index in [2.05, 4.69) is 4.74 Å². The van der Waals surface area contributed by atoms with Crippen LogP contribution in [0.1, 0.15) is 42.4 Å². The average Bonchev–Trinajstić information content (AvgIpc) is 3.57. The topological polar surface area (TPSA) is 123 Å². The monoisotopic (exact) mass is 778 g/mol. The third-order valence-electron chi connectivity index (χ3n) is 11.9. The predicted molar refractivity (Wildman–Crippen MR) is 203 cm³/mol. The lowest BCUT2D eigenvalue weighted by Gasteiger charge is -2.49. The molecule has 2 aliphatic carbocycles. The van der Waals surface area contributed by atoms with Crippen LogP contribution in [-0.4, -0.2) is 49.3 Å². The van der Waals surface area contributed by atoms with Gasteiger partial charge in [-0.3, -0.25) is 24.1 Å². The number of rotatable bonds is 8. The van der Waals surface area contributed by atoms with Crippen molar-refractivity contribution in [3.05, 3.63) is 119 Å². The third-order valence-corrected chi connectivity index (χ3v) is 11.9. The van der Waals surface area contributed by atoms with Gasteiger partial charge in [0.15, 0.2) is 0 Å². The molecule has 10 nitrogen and oxygen atoms in total. The lowest BCUT2D eigenvalue weighted by molar-refractivity contribution is -0.274. The number of fused-ring (bicyclic) bond motifs is 4. The van der Waals surface area contributed by atoms with E-state index in [1.807, 2.05) is 18.2 Å². The summed E-state index contributed by atoms with van der Waals surface area (Å²) in [6, 6.07) is 23.6. The van der Waals surface area contributed by atoms with Crippen molar-refractivity contribution in [2.45, 2.75) is 32.0 Å². The molecule has 4 amide bonds. The minimum atomic E-state index is -5.05. The summed E-state index contributed by atoms with van der Waals surface area (Å²) >= 11 is 0. The number of alkyl halides is 3. The van der Waals surface area contributed by atoms with Crippen LogP contribution in [0.2, 0.25) is 0 Å². The molecule has 57 heavy (non-hydrogen) atoms. The Bertz CT molecular complexity index is 2360. The quantitative estimate of drug-likeness (QED) is 0.109. The van der Waals surface area contributed by atoms with Crippen molar-refractivity contribution < 1.29 is 51.7 Å². The molecule has 13 heteroatoms. The highest BCUT2D eigenvalue weighted by Crippen LogP contribution is 2.64. The average molecular weight is 779 g/mol. The lowest BCUT2D eigenvalue weighted by atomic mass is 9.51. The maximum absolute atomic E-state index is 14.6. The zero-order valence-corrected chi connectivity index (χ0v) is 31.0. The number of benzene rings is 4. The smallest absolute Gasteiger partial charge is 0.508 e. The summed E-state index contributed by atoms with van der Waals surface area (Å²) in [5.41, 5.74) is 1.09. The molecule has 8 rings (SSSR count). The minimum Gasteiger partial charge on any atom is -0.508 e. The Morgan fingerprint density at radius 3 is 2.16 bits per heavy atom. The highest BCUT2D eigenvalue weighted by molar-refractivity contribution is 6.25. The van der Waals surface area contributed by atoms with Gasteiger partial charge in [-0.1, -0.05) is 54.1 Å². The lowest BCUT2D eigenvalue weighted by Crippen LogP contribution is -2.49. The van der Waals surface area contributed by atoms with Gasteiger partial charge in [0.05, 0.1) is 48.8 Å². The number of phenols is 1. The van der Waals surface area contributed by atoms with E-state index >= 15 is 0 Å². The fourth-order valence-electron chi connectivity index (χ4n) is 9.29. The molecule has 0 aromatic heterocycles. The fraction of sp³-hybridized carbons (Fsp3) is 0.273. The number of carbonyl (C=O) groups is 4. The maximum Gasteiger partial charge on any atom is 0.573 e. The van der Waals surface area contributed by atoms with Crippen LogP contribution in [0, 0.1) is 29.1 Å². The number of phenolic OH excluding ortho intramolecular Hbond substituents is 1. The summed E-state index contributed by atoms with van der Waals surface area (Å²) in [6.45, 7) is 1.58. The highest BCUT2D eigenvalue weighted by Gasteiger charge is 2.68. The van der Waals surface area contributed by atoms with Gasteiger partial charge in [-0.15, -0.1) is 13.2 Å². The summed E-state index contributed by atoms with van der Waals surface area (Å²) in [5, 5.41) is 11.3. The van der Waals surface area contributed by atoms with Crippen LogP contribution in [0.4, 0.5) is 24.5 Å². The van der Waals surface area contributed by atoms with E-state index in [1.54, 1.807) is 93.9 Å². The van der Waals surface area contributed by atoms with Gasteiger partial charge in [-0.2, -0.15) is 0 Å². The Morgan fingerprint density at radius 1 is 0.772 bits per heavy atom. The number of ether oxygens (including phenoxy) is 3. The summed E-state index contributed by atoms with van der Waals surface area (Å²) < 4.78 is 55.3. The Labute approximate surface area is 325 Å². The van der Waals surface area contributed by atoms with E-state index in [1.165, 1.54) is 0 Å². The van der Waals surface area contributed by atoms with E-state index in [-0.39, 0.29) is 18.4 Å². The molecule has 292 valence electrons. The first-order valence-corrected chi connectivity index (χ1v) is 18.3. The Morgan fingerprint density at radius 2 is 1.47 bits per heavy atom. The molecule has 2 saturated heterocycles. The molecular weight excluding hydrogens is 741 g/mol. The van der Waals surface area contributed by atoms with Crippen LogP contribution < -0.4 is 24.0 Å². The number of halogens is 3. The van der Waals surface area contributed by atoms with Gasteiger partial charge in [-0.25, -0.2) is 4.90 Å². The third kappa shape index (κ3) is 6.21. The van der Waals surface area contributed by atoms with E-state index in [0.717, 1.165) is 39.1 Å². The first kappa shape index (κ1) is 37.5.